The molecule has 1 aliphatic rings. The largest absolute Gasteiger partial charge is 0.480 e. The molecule has 0 aromatic carbocycles. The van der Waals surface area contributed by atoms with Crippen LogP contribution in [0.25, 0.3) is 0 Å². The van der Waals surface area contributed by atoms with E-state index in [9.17, 15) is 23.5 Å². The Morgan fingerprint density at radius 1 is 1.48 bits per heavy atom. The van der Waals surface area contributed by atoms with Gasteiger partial charge in [0.1, 0.15) is 11.7 Å². The van der Waals surface area contributed by atoms with Crippen molar-refractivity contribution >= 4 is 11.9 Å². The first-order valence-electron chi connectivity index (χ1n) is 6.75. The average Bonchev–Trinajstić information content (AvgIpc) is 2.90. The van der Waals surface area contributed by atoms with E-state index >= 15 is 0 Å². The lowest BCUT2D eigenvalue weighted by Crippen LogP contribution is -2.44. The lowest BCUT2D eigenvalue weighted by Gasteiger charge is -2.27. The van der Waals surface area contributed by atoms with Crippen LogP contribution in [0.15, 0.2) is 18.3 Å². The number of amides is 1. The molecule has 1 amide bonds. The van der Waals surface area contributed by atoms with Crippen molar-refractivity contribution < 1.29 is 23.5 Å². The van der Waals surface area contributed by atoms with Crippen LogP contribution in [-0.2, 0) is 4.79 Å². The molecule has 2 rings (SSSR count). The van der Waals surface area contributed by atoms with Crippen molar-refractivity contribution in [3.63, 3.8) is 0 Å². The Labute approximate surface area is 120 Å². The van der Waals surface area contributed by atoms with Crippen molar-refractivity contribution in [1.82, 2.24) is 9.88 Å². The third kappa shape index (κ3) is 3.01. The van der Waals surface area contributed by atoms with E-state index in [4.69, 9.17) is 0 Å². The molecule has 1 saturated heterocycles. The number of hydrogen-bond donors (Lipinski definition) is 1. The van der Waals surface area contributed by atoms with Crippen molar-refractivity contribution in [2.45, 2.75) is 44.7 Å². The molecule has 21 heavy (non-hydrogen) atoms. The van der Waals surface area contributed by atoms with Crippen LogP contribution in [0.5, 0.6) is 0 Å². The van der Waals surface area contributed by atoms with Gasteiger partial charge in [-0.1, -0.05) is 6.92 Å². The summed E-state index contributed by atoms with van der Waals surface area (Å²) in [7, 11) is 0. The van der Waals surface area contributed by atoms with Crippen LogP contribution in [0.3, 0.4) is 0 Å². The van der Waals surface area contributed by atoms with Crippen molar-refractivity contribution in [2.24, 2.45) is 0 Å². The van der Waals surface area contributed by atoms with E-state index in [1.165, 1.54) is 11.0 Å². The fourth-order valence-corrected chi connectivity index (χ4v) is 2.68. The van der Waals surface area contributed by atoms with E-state index in [2.05, 4.69) is 4.98 Å². The molecule has 0 aliphatic carbocycles. The molecule has 0 saturated carbocycles. The Kier molecular flexibility index (Phi) is 4.50. The van der Waals surface area contributed by atoms with Gasteiger partial charge in [-0.3, -0.25) is 9.78 Å². The van der Waals surface area contributed by atoms with Crippen molar-refractivity contribution in [3.8, 4) is 0 Å². The minimum Gasteiger partial charge on any atom is -0.480 e. The predicted octanol–water partition coefficient (Wildman–Crippen LogP) is 2.49. The maximum Gasteiger partial charge on any atom is 0.326 e. The minimum atomic E-state index is -2.77. The second kappa shape index (κ2) is 6.15. The number of carbonyl (C=O) groups is 2. The average molecular weight is 298 g/mol. The topological polar surface area (TPSA) is 70.5 Å². The van der Waals surface area contributed by atoms with Crippen LogP contribution in [0.4, 0.5) is 8.78 Å². The van der Waals surface area contributed by atoms with E-state index in [-0.39, 0.29) is 11.6 Å². The molecule has 1 aromatic heterocycles. The van der Waals surface area contributed by atoms with E-state index in [1.54, 1.807) is 0 Å². The van der Waals surface area contributed by atoms with Gasteiger partial charge in [-0.05, 0) is 31.4 Å². The normalized spacial score (nSPS) is 21.8. The zero-order valence-corrected chi connectivity index (χ0v) is 11.5. The summed E-state index contributed by atoms with van der Waals surface area (Å²) in [5.41, 5.74) is -0.438. The Hall–Kier alpha value is -2.05. The fraction of sp³-hybridized carbons (Fsp3) is 0.500. The van der Waals surface area contributed by atoms with Crippen LogP contribution in [-0.4, -0.2) is 39.0 Å². The lowest BCUT2D eigenvalue weighted by molar-refractivity contribution is -0.141. The number of carboxylic acids is 1. The summed E-state index contributed by atoms with van der Waals surface area (Å²) in [6.07, 6.45) is -0.0177. The molecule has 0 unspecified atom stereocenters. The standard InChI is InChI=1S/C14H16F2N2O3/c1-2-9-3-4-11(14(20)21)18(9)13(19)8-5-6-17-10(7-8)12(15)16/h5-7,9,11-12H,2-4H2,1H3,(H,20,21)/t9-,11-/m1/s1. The molecule has 1 N–H and O–H groups in total. The van der Waals surface area contributed by atoms with Gasteiger partial charge >= 0.3 is 5.97 Å². The number of carboxylic acid groups (broad SMARTS) is 1. The van der Waals surface area contributed by atoms with Crippen molar-refractivity contribution in [3.05, 3.63) is 29.6 Å². The number of likely N-dealkylation sites (tertiary alicyclic amines) is 1. The zero-order chi connectivity index (χ0) is 15.6. The SMILES string of the molecule is CC[C@@H]1CC[C@H](C(=O)O)N1C(=O)c1ccnc(C(F)F)c1. The Balaban J connectivity index is 2.32. The van der Waals surface area contributed by atoms with Gasteiger partial charge in [0.25, 0.3) is 12.3 Å². The minimum absolute atomic E-state index is 0.0481. The van der Waals surface area contributed by atoms with Gasteiger partial charge in [0.2, 0.25) is 0 Å². The number of aliphatic carboxylic acids is 1. The maximum absolute atomic E-state index is 12.7. The number of hydrogen-bond acceptors (Lipinski definition) is 3. The third-order valence-corrected chi connectivity index (χ3v) is 3.74. The Morgan fingerprint density at radius 2 is 2.19 bits per heavy atom. The maximum atomic E-state index is 12.7. The number of rotatable bonds is 4. The molecule has 0 spiro atoms. The zero-order valence-electron chi connectivity index (χ0n) is 11.5. The summed E-state index contributed by atoms with van der Waals surface area (Å²) >= 11 is 0. The fourth-order valence-electron chi connectivity index (χ4n) is 2.68. The molecule has 2 atom stereocenters. The highest BCUT2D eigenvalue weighted by atomic mass is 19.3. The van der Waals surface area contributed by atoms with Gasteiger partial charge in [0, 0.05) is 17.8 Å². The van der Waals surface area contributed by atoms with Gasteiger partial charge in [-0.2, -0.15) is 0 Å². The van der Waals surface area contributed by atoms with Gasteiger partial charge in [-0.25, -0.2) is 13.6 Å². The molecule has 7 heteroatoms. The number of aromatic nitrogens is 1. The molecule has 0 bridgehead atoms. The second-order valence-corrected chi connectivity index (χ2v) is 4.98. The van der Waals surface area contributed by atoms with Gasteiger partial charge in [-0.15, -0.1) is 0 Å². The molecule has 5 nitrogen and oxygen atoms in total. The smallest absolute Gasteiger partial charge is 0.326 e. The first-order valence-corrected chi connectivity index (χ1v) is 6.75. The second-order valence-electron chi connectivity index (χ2n) is 4.98. The molecular weight excluding hydrogens is 282 g/mol. The highest BCUT2D eigenvalue weighted by Crippen LogP contribution is 2.29. The first kappa shape index (κ1) is 15.3. The van der Waals surface area contributed by atoms with E-state index < -0.39 is 30.0 Å². The Bertz CT molecular complexity index is 551. The van der Waals surface area contributed by atoms with Crippen LogP contribution in [0.1, 0.15) is 48.7 Å². The van der Waals surface area contributed by atoms with E-state index in [1.807, 2.05) is 6.92 Å². The lowest BCUT2D eigenvalue weighted by atomic mass is 10.1. The number of alkyl halides is 2. The summed E-state index contributed by atoms with van der Waals surface area (Å²) in [6.45, 7) is 1.87. The van der Waals surface area contributed by atoms with Crippen LogP contribution in [0, 0.1) is 0 Å². The highest BCUT2D eigenvalue weighted by molar-refractivity contribution is 5.97. The van der Waals surface area contributed by atoms with Crippen LogP contribution >= 0.6 is 0 Å². The number of carbonyl (C=O) groups excluding carboxylic acids is 1. The summed E-state index contributed by atoms with van der Waals surface area (Å²) in [6, 6.07) is 1.28. The van der Waals surface area contributed by atoms with Crippen molar-refractivity contribution in [2.75, 3.05) is 0 Å². The number of pyridine rings is 1. The molecule has 1 fully saturated rings. The molecule has 1 aromatic rings. The number of halogens is 2. The van der Waals surface area contributed by atoms with E-state index in [0.717, 1.165) is 12.3 Å². The van der Waals surface area contributed by atoms with Gasteiger partial charge < -0.3 is 10.0 Å². The predicted molar refractivity (Wildman–Crippen MR) is 70.1 cm³/mol. The molecular formula is C14H16F2N2O3. The third-order valence-electron chi connectivity index (χ3n) is 3.74. The summed E-state index contributed by atoms with van der Waals surface area (Å²) in [5.74, 6) is -1.60. The van der Waals surface area contributed by atoms with Crippen LogP contribution < -0.4 is 0 Å². The Morgan fingerprint density at radius 3 is 2.76 bits per heavy atom. The summed E-state index contributed by atoms with van der Waals surface area (Å²) in [4.78, 5) is 28.6. The number of nitrogens with zero attached hydrogens (tertiary/aromatic N) is 2. The molecule has 2 heterocycles. The summed E-state index contributed by atoms with van der Waals surface area (Å²) in [5, 5.41) is 9.21. The van der Waals surface area contributed by atoms with Crippen molar-refractivity contribution in [1.29, 1.82) is 0 Å². The van der Waals surface area contributed by atoms with Gasteiger partial charge in [0.15, 0.2) is 0 Å². The molecule has 0 radical (unpaired) electrons. The van der Waals surface area contributed by atoms with Crippen LogP contribution in [0.2, 0.25) is 0 Å². The molecule has 114 valence electrons. The monoisotopic (exact) mass is 298 g/mol. The first-order chi connectivity index (χ1) is 9.95. The molecule has 1 aliphatic heterocycles. The van der Waals surface area contributed by atoms with Gasteiger partial charge in [0.05, 0.1) is 0 Å². The summed E-state index contributed by atoms with van der Waals surface area (Å²) < 4.78 is 25.3. The highest BCUT2D eigenvalue weighted by Gasteiger charge is 2.40. The quantitative estimate of drug-likeness (QED) is 0.927. The van der Waals surface area contributed by atoms with E-state index in [0.29, 0.717) is 19.3 Å².